The molecular weight excluding hydrogens is 264 g/mol. The molecule has 1 aromatic heterocycles. The van der Waals surface area contributed by atoms with Crippen LogP contribution in [0.25, 0.3) is 10.9 Å². The molecule has 0 aliphatic heterocycles. The summed E-state index contributed by atoms with van der Waals surface area (Å²) >= 11 is 3.63. The zero-order chi connectivity index (χ0) is 11.1. The van der Waals surface area contributed by atoms with Crippen molar-refractivity contribution in [1.82, 2.24) is 4.98 Å². The summed E-state index contributed by atoms with van der Waals surface area (Å²) in [5, 5.41) is 1.31. The number of benzene rings is 1. The van der Waals surface area contributed by atoms with E-state index in [1.165, 1.54) is 35.0 Å². The van der Waals surface area contributed by atoms with E-state index in [9.17, 15) is 0 Å². The minimum absolute atomic E-state index is 0.706. The third-order valence-electron chi connectivity index (χ3n) is 3.21. The minimum atomic E-state index is 0.706. The highest BCUT2D eigenvalue weighted by molar-refractivity contribution is 9.10. The Morgan fingerprint density at radius 2 is 2.12 bits per heavy atom. The highest BCUT2D eigenvalue weighted by Gasteiger charge is 2.25. The summed E-state index contributed by atoms with van der Waals surface area (Å²) in [6.07, 6.45) is 3.61. The molecule has 1 aliphatic carbocycles. The molecule has 1 saturated carbocycles. The van der Waals surface area contributed by atoms with Gasteiger partial charge < -0.3 is 10.7 Å². The smallest absolute Gasteiger partial charge is 0.0600 e. The zero-order valence-corrected chi connectivity index (χ0v) is 10.7. The van der Waals surface area contributed by atoms with E-state index in [2.05, 4.69) is 39.1 Å². The van der Waals surface area contributed by atoms with Crippen molar-refractivity contribution in [3.05, 3.63) is 33.9 Å². The maximum atomic E-state index is 5.60. The van der Waals surface area contributed by atoms with Gasteiger partial charge in [0.15, 0.2) is 0 Å². The minimum Gasteiger partial charge on any atom is -0.357 e. The molecule has 1 aliphatic rings. The number of hydrogen-bond acceptors (Lipinski definition) is 1. The molecule has 0 atom stereocenters. The van der Waals surface area contributed by atoms with E-state index in [1.54, 1.807) is 0 Å². The quantitative estimate of drug-likeness (QED) is 0.889. The first-order valence-corrected chi connectivity index (χ1v) is 6.58. The molecular formula is C13H15BrN2. The van der Waals surface area contributed by atoms with Crippen molar-refractivity contribution in [3.8, 4) is 0 Å². The molecule has 0 spiro atoms. The Hall–Kier alpha value is -0.800. The van der Waals surface area contributed by atoms with Crippen LogP contribution < -0.4 is 5.73 Å². The van der Waals surface area contributed by atoms with Crippen LogP contribution in [-0.4, -0.2) is 11.5 Å². The van der Waals surface area contributed by atoms with E-state index >= 15 is 0 Å². The van der Waals surface area contributed by atoms with Gasteiger partial charge in [-0.15, -0.1) is 0 Å². The van der Waals surface area contributed by atoms with Crippen LogP contribution in [0.5, 0.6) is 0 Å². The number of halogens is 1. The van der Waals surface area contributed by atoms with Gasteiger partial charge >= 0.3 is 0 Å². The standard InChI is InChI=1S/C13H15BrN2/c14-11-6-8(3-4-15)5-10-7-12(9-1-2-9)16-13(10)11/h5-7,9,16H,1-4,15H2. The monoisotopic (exact) mass is 278 g/mol. The van der Waals surface area contributed by atoms with Gasteiger partial charge in [-0.3, -0.25) is 0 Å². The predicted molar refractivity (Wildman–Crippen MR) is 70.7 cm³/mol. The second-order valence-electron chi connectivity index (χ2n) is 4.58. The third kappa shape index (κ3) is 1.78. The summed E-state index contributed by atoms with van der Waals surface area (Å²) in [4.78, 5) is 3.52. The van der Waals surface area contributed by atoms with E-state index in [1.807, 2.05) is 0 Å². The number of rotatable bonds is 3. The second kappa shape index (κ2) is 3.90. The highest BCUT2D eigenvalue weighted by atomic mass is 79.9. The Labute approximate surface area is 103 Å². The molecule has 0 amide bonds. The molecule has 0 unspecified atom stereocenters. The Bertz CT molecular complexity index is 526. The van der Waals surface area contributed by atoms with E-state index in [4.69, 9.17) is 5.73 Å². The lowest BCUT2D eigenvalue weighted by molar-refractivity contribution is 0.970. The van der Waals surface area contributed by atoms with Gasteiger partial charge in [0.25, 0.3) is 0 Å². The molecule has 84 valence electrons. The van der Waals surface area contributed by atoms with E-state index in [0.717, 1.165) is 16.8 Å². The van der Waals surface area contributed by atoms with Crippen molar-refractivity contribution in [2.45, 2.75) is 25.2 Å². The van der Waals surface area contributed by atoms with Gasteiger partial charge in [-0.2, -0.15) is 0 Å². The van der Waals surface area contributed by atoms with Gasteiger partial charge in [-0.1, -0.05) is 0 Å². The summed E-state index contributed by atoms with van der Waals surface area (Å²) in [6.45, 7) is 0.706. The largest absolute Gasteiger partial charge is 0.357 e. The number of hydrogen-bond donors (Lipinski definition) is 2. The summed E-state index contributed by atoms with van der Waals surface area (Å²) in [7, 11) is 0. The van der Waals surface area contributed by atoms with Crippen molar-refractivity contribution in [2.24, 2.45) is 5.73 Å². The number of nitrogens with one attached hydrogen (secondary N) is 1. The summed E-state index contributed by atoms with van der Waals surface area (Å²) < 4.78 is 1.15. The van der Waals surface area contributed by atoms with Gasteiger partial charge in [0.1, 0.15) is 0 Å². The lowest BCUT2D eigenvalue weighted by Gasteiger charge is -2.01. The maximum absolute atomic E-state index is 5.60. The fraction of sp³-hybridized carbons (Fsp3) is 0.385. The number of H-pyrrole nitrogens is 1. The van der Waals surface area contributed by atoms with Crippen molar-refractivity contribution in [2.75, 3.05) is 6.54 Å². The molecule has 1 fully saturated rings. The Balaban J connectivity index is 2.10. The summed E-state index contributed by atoms with van der Waals surface area (Å²) in [5.41, 5.74) is 9.52. The van der Waals surface area contributed by atoms with Crippen LogP contribution >= 0.6 is 15.9 Å². The van der Waals surface area contributed by atoms with Gasteiger partial charge in [0, 0.05) is 15.6 Å². The fourth-order valence-electron chi connectivity index (χ4n) is 2.21. The number of fused-ring (bicyclic) bond motifs is 1. The molecule has 1 aromatic carbocycles. The topological polar surface area (TPSA) is 41.8 Å². The third-order valence-corrected chi connectivity index (χ3v) is 3.84. The molecule has 0 saturated heterocycles. The van der Waals surface area contributed by atoms with Crippen molar-refractivity contribution in [3.63, 3.8) is 0 Å². The van der Waals surface area contributed by atoms with Gasteiger partial charge in [0.05, 0.1) is 5.52 Å². The van der Waals surface area contributed by atoms with Crippen LogP contribution in [0.1, 0.15) is 30.0 Å². The number of aromatic nitrogens is 1. The molecule has 3 heteroatoms. The van der Waals surface area contributed by atoms with Crippen LogP contribution in [0.2, 0.25) is 0 Å². The first-order chi connectivity index (χ1) is 7.78. The molecule has 0 bridgehead atoms. The lowest BCUT2D eigenvalue weighted by Crippen LogP contribution is -2.02. The second-order valence-corrected chi connectivity index (χ2v) is 5.43. The van der Waals surface area contributed by atoms with Crippen LogP contribution in [0.15, 0.2) is 22.7 Å². The van der Waals surface area contributed by atoms with Crippen LogP contribution in [0.3, 0.4) is 0 Å². The summed E-state index contributed by atoms with van der Waals surface area (Å²) in [5.74, 6) is 0.775. The number of nitrogens with two attached hydrogens (primary N) is 1. The van der Waals surface area contributed by atoms with Crippen molar-refractivity contribution >= 4 is 26.8 Å². The first kappa shape index (κ1) is 10.4. The van der Waals surface area contributed by atoms with Crippen LogP contribution in [0, 0.1) is 0 Å². The van der Waals surface area contributed by atoms with E-state index in [0.29, 0.717) is 6.54 Å². The lowest BCUT2D eigenvalue weighted by atomic mass is 10.1. The zero-order valence-electron chi connectivity index (χ0n) is 9.09. The van der Waals surface area contributed by atoms with Crippen molar-refractivity contribution < 1.29 is 0 Å². The van der Waals surface area contributed by atoms with E-state index < -0.39 is 0 Å². The maximum Gasteiger partial charge on any atom is 0.0600 e. The molecule has 0 radical (unpaired) electrons. The average molecular weight is 279 g/mol. The van der Waals surface area contributed by atoms with Crippen LogP contribution in [0.4, 0.5) is 0 Å². The Morgan fingerprint density at radius 3 is 2.81 bits per heavy atom. The van der Waals surface area contributed by atoms with Crippen molar-refractivity contribution in [1.29, 1.82) is 0 Å². The first-order valence-electron chi connectivity index (χ1n) is 5.79. The molecule has 3 N–H and O–H groups in total. The van der Waals surface area contributed by atoms with Crippen LogP contribution in [-0.2, 0) is 6.42 Å². The normalized spacial score (nSPS) is 15.9. The molecule has 3 rings (SSSR count). The molecule has 1 heterocycles. The van der Waals surface area contributed by atoms with E-state index in [-0.39, 0.29) is 0 Å². The molecule has 2 nitrogen and oxygen atoms in total. The average Bonchev–Trinajstić information content (AvgIpc) is 3.00. The molecule has 16 heavy (non-hydrogen) atoms. The SMILES string of the molecule is NCCc1cc(Br)c2[nH]c(C3CC3)cc2c1. The Morgan fingerprint density at radius 1 is 1.31 bits per heavy atom. The van der Waals surface area contributed by atoms with Gasteiger partial charge in [-0.25, -0.2) is 0 Å². The molecule has 2 aromatic rings. The highest BCUT2D eigenvalue weighted by Crippen LogP contribution is 2.41. The predicted octanol–water partition coefficient (Wildman–Crippen LogP) is 3.31. The fourth-order valence-corrected chi connectivity index (χ4v) is 2.83. The number of aromatic amines is 1. The Kier molecular flexibility index (Phi) is 2.52. The van der Waals surface area contributed by atoms with Gasteiger partial charge in [-0.05, 0) is 71.4 Å². The van der Waals surface area contributed by atoms with Gasteiger partial charge in [0.2, 0.25) is 0 Å². The summed E-state index contributed by atoms with van der Waals surface area (Å²) in [6, 6.07) is 6.70.